The molecular formula is C20H18N4O2S. The summed E-state index contributed by atoms with van der Waals surface area (Å²) >= 11 is 1.57. The third-order valence-electron chi connectivity index (χ3n) is 4.01. The average Bonchev–Trinajstić information content (AvgIpc) is 3.28. The molecule has 27 heavy (non-hydrogen) atoms. The summed E-state index contributed by atoms with van der Waals surface area (Å²) in [5.74, 6) is 0.237. The van der Waals surface area contributed by atoms with Crippen molar-refractivity contribution in [2.75, 3.05) is 13.2 Å². The molecule has 2 heterocycles. The molecule has 0 fully saturated rings. The van der Waals surface area contributed by atoms with Gasteiger partial charge in [0.2, 0.25) is 5.96 Å². The minimum absolute atomic E-state index is 0.216. The quantitative estimate of drug-likeness (QED) is 0.511. The van der Waals surface area contributed by atoms with Crippen LogP contribution in [0, 0.1) is 0 Å². The monoisotopic (exact) mass is 378 g/mol. The standard InChI is InChI=1S/C20H18N4O2S/c25-19-17(10-15-6-7-16-18(11-15)27-13-22-16)23-20(24-19)21-8-9-26-12-14-4-2-1-3-5-14/h1-7,10-11,13H,8-9,12H2,(H2,21,23,24,25)/b17-10-. The molecule has 4 rings (SSSR count). The van der Waals surface area contributed by atoms with E-state index in [1.54, 1.807) is 17.4 Å². The van der Waals surface area contributed by atoms with Gasteiger partial charge in [-0.15, -0.1) is 11.3 Å². The van der Waals surface area contributed by atoms with Crippen molar-refractivity contribution in [1.29, 1.82) is 0 Å². The van der Waals surface area contributed by atoms with Gasteiger partial charge in [-0.3, -0.25) is 10.1 Å². The van der Waals surface area contributed by atoms with Crippen LogP contribution in [-0.2, 0) is 16.1 Å². The second kappa shape index (κ2) is 8.11. The number of nitrogens with zero attached hydrogens (tertiary/aromatic N) is 2. The third kappa shape index (κ3) is 4.39. The van der Waals surface area contributed by atoms with E-state index in [-0.39, 0.29) is 5.91 Å². The number of benzene rings is 2. The van der Waals surface area contributed by atoms with E-state index in [9.17, 15) is 4.79 Å². The van der Waals surface area contributed by atoms with E-state index >= 15 is 0 Å². The number of guanidine groups is 1. The Bertz CT molecular complexity index is 1010. The Morgan fingerprint density at radius 1 is 1.19 bits per heavy atom. The van der Waals surface area contributed by atoms with Gasteiger partial charge in [-0.2, -0.15) is 0 Å². The van der Waals surface area contributed by atoms with Gasteiger partial charge < -0.3 is 10.1 Å². The summed E-state index contributed by atoms with van der Waals surface area (Å²) in [5, 5.41) is 5.82. The molecule has 7 heteroatoms. The van der Waals surface area contributed by atoms with Crippen LogP contribution in [0.15, 0.2) is 64.7 Å². The smallest absolute Gasteiger partial charge is 0.276 e. The molecule has 1 amide bonds. The van der Waals surface area contributed by atoms with E-state index in [1.807, 2.05) is 54.0 Å². The molecule has 0 saturated heterocycles. The molecule has 0 saturated carbocycles. The van der Waals surface area contributed by atoms with E-state index in [1.165, 1.54) is 0 Å². The van der Waals surface area contributed by atoms with E-state index in [4.69, 9.17) is 4.74 Å². The number of ether oxygens (including phenoxy) is 1. The molecule has 0 atom stereocenters. The first-order valence-corrected chi connectivity index (χ1v) is 9.46. The minimum Gasteiger partial charge on any atom is -0.375 e. The number of hydrogen-bond donors (Lipinski definition) is 2. The lowest BCUT2D eigenvalue weighted by Crippen LogP contribution is -2.37. The first-order valence-electron chi connectivity index (χ1n) is 8.58. The third-order valence-corrected chi connectivity index (χ3v) is 4.80. The lowest BCUT2D eigenvalue weighted by atomic mass is 10.2. The van der Waals surface area contributed by atoms with Crippen LogP contribution < -0.4 is 10.6 Å². The highest BCUT2D eigenvalue weighted by molar-refractivity contribution is 7.16. The molecule has 1 aliphatic rings. The largest absolute Gasteiger partial charge is 0.375 e. The van der Waals surface area contributed by atoms with E-state index in [2.05, 4.69) is 20.6 Å². The first kappa shape index (κ1) is 17.4. The fourth-order valence-electron chi connectivity index (χ4n) is 2.68. The van der Waals surface area contributed by atoms with Crippen LogP contribution in [0.4, 0.5) is 0 Å². The summed E-state index contributed by atoms with van der Waals surface area (Å²) in [6.45, 7) is 1.64. The fourth-order valence-corrected chi connectivity index (χ4v) is 3.40. The van der Waals surface area contributed by atoms with Gasteiger partial charge in [0.05, 0.1) is 28.9 Å². The zero-order valence-electron chi connectivity index (χ0n) is 14.5. The summed E-state index contributed by atoms with van der Waals surface area (Å²) in [7, 11) is 0. The Morgan fingerprint density at radius 2 is 2.07 bits per heavy atom. The van der Waals surface area contributed by atoms with Gasteiger partial charge in [0.1, 0.15) is 5.70 Å². The number of carbonyl (C=O) groups excluding carboxylic acids is 1. The van der Waals surface area contributed by atoms with Crippen molar-refractivity contribution in [3.05, 3.63) is 70.9 Å². The SMILES string of the molecule is O=C1NC(NCCOCc2ccccc2)=N/C1=C\c1ccc2ncsc2c1. The molecule has 0 spiro atoms. The van der Waals surface area contributed by atoms with E-state index in [0.717, 1.165) is 21.3 Å². The van der Waals surface area contributed by atoms with Crippen LogP contribution in [0.1, 0.15) is 11.1 Å². The molecule has 2 aromatic carbocycles. The zero-order valence-corrected chi connectivity index (χ0v) is 15.3. The lowest BCUT2D eigenvalue weighted by Gasteiger charge is -2.06. The van der Waals surface area contributed by atoms with Crippen molar-refractivity contribution in [3.63, 3.8) is 0 Å². The van der Waals surface area contributed by atoms with Crippen molar-refractivity contribution >= 4 is 39.5 Å². The van der Waals surface area contributed by atoms with Gasteiger partial charge in [-0.05, 0) is 29.3 Å². The van der Waals surface area contributed by atoms with Gasteiger partial charge in [0, 0.05) is 6.54 Å². The topological polar surface area (TPSA) is 75.6 Å². The van der Waals surface area contributed by atoms with E-state index < -0.39 is 0 Å². The molecule has 0 unspecified atom stereocenters. The Labute approximate surface area is 160 Å². The molecule has 6 nitrogen and oxygen atoms in total. The lowest BCUT2D eigenvalue weighted by molar-refractivity contribution is -0.115. The maximum atomic E-state index is 12.1. The number of thiazole rings is 1. The Hall–Kier alpha value is -3.03. The number of aliphatic imine (C=N–C) groups is 1. The summed E-state index contributed by atoms with van der Waals surface area (Å²) in [5.41, 5.74) is 5.20. The number of amides is 1. The summed E-state index contributed by atoms with van der Waals surface area (Å²) in [6.07, 6.45) is 1.77. The van der Waals surface area contributed by atoms with Crippen molar-refractivity contribution < 1.29 is 9.53 Å². The maximum Gasteiger partial charge on any atom is 0.276 e. The highest BCUT2D eigenvalue weighted by atomic mass is 32.1. The Kier molecular flexibility index (Phi) is 5.22. The van der Waals surface area contributed by atoms with Gasteiger partial charge in [-0.1, -0.05) is 36.4 Å². The molecule has 0 bridgehead atoms. The number of nitrogens with one attached hydrogen (secondary N) is 2. The molecule has 0 radical (unpaired) electrons. The Balaban J connectivity index is 1.31. The first-order chi connectivity index (χ1) is 13.3. The maximum absolute atomic E-state index is 12.1. The van der Waals surface area contributed by atoms with Crippen molar-refractivity contribution in [3.8, 4) is 0 Å². The zero-order chi connectivity index (χ0) is 18.5. The van der Waals surface area contributed by atoms with Crippen LogP contribution in [0.3, 0.4) is 0 Å². The molecule has 1 aromatic heterocycles. The number of hydrogen-bond acceptors (Lipinski definition) is 6. The summed E-state index contributed by atoms with van der Waals surface area (Å²) in [6, 6.07) is 15.9. The van der Waals surface area contributed by atoms with E-state index in [0.29, 0.717) is 31.4 Å². The van der Waals surface area contributed by atoms with Gasteiger partial charge in [0.25, 0.3) is 5.91 Å². The van der Waals surface area contributed by atoms with Crippen LogP contribution in [0.25, 0.3) is 16.3 Å². The summed E-state index contributed by atoms with van der Waals surface area (Å²) < 4.78 is 6.70. The van der Waals surface area contributed by atoms with Crippen LogP contribution >= 0.6 is 11.3 Å². The summed E-state index contributed by atoms with van der Waals surface area (Å²) in [4.78, 5) is 20.7. The van der Waals surface area contributed by atoms with Crippen molar-refractivity contribution in [2.45, 2.75) is 6.61 Å². The van der Waals surface area contributed by atoms with Crippen LogP contribution in [-0.4, -0.2) is 30.0 Å². The van der Waals surface area contributed by atoms with Crippen molar-refractivity contribution in [1.82, 2.24) is 15.6 Å². The average molecular weight is 378 g/mol. The van der Waals surface area contributed by atoms with Crippen LogP contribution in [0.5, 0.6) is 0 Å². The Morgan fingerprint density at radius 3 is 2.96 bits per heavy atom. The van der Waals surface area contributed by atoms with Crippen LogP contribution in [0.2, 0.25) is 0 Å². The highest BCUT2D eigenvalue weighted by Crippen LogP contribution is 2.21. The molecule has 3 aromatic rings. The van der Waals surface area contributed by atoms with Gasteiger partial charge >= 0.3 is 0 Å². The second-order valence-electron chi connectivity index (χ2n) is 5.99. The normalized spacial score (nSPS) is 15.2. The number of rotatable bonds is 6. The predicted molar refractivity (Wildman–Crippen MR) is 107 cm³/mol. The number of fused-ring (bicyclic) bond motifs is 1. The fraction of sp³-hybridized carbons (Fsp3) is 0.150. The van der Waals surface area contributed by atoms with Gasteiger partial charge in [0.15, 0.2) is 0 Å². The molecule has 136 valence electrons. The molecular weight excluding hydrogens is 360 g/mol. The molecule has 2 N–H and O–H groups in total. The second-order valence-corrected chi connectivity index (χ2v) is 6.87. The number of aromatic nitrogens is 1. The van der Waals surface area contributed by atoms with Gasteiger partial charge in [-0.25, -0.2) is 9.98 Å². The minimum atomic E-state index is -0.216. The molecule has 1 aliphatic heterocycles. The predicted octanol–water partition coefficient (Wildman–Crippen LogP) is 2.93. The highest BCUT2D eigenvalue weighted by Gasteiger charge is 2.19. The number of carbonyl (C=O) groups is 1. The van der Waals surface area contributed by atoms with Crippen molar-refractivity contribution in [2.24, 2.45) is 4.99 Å². The molecule has 0 aliphatic carbocycles.